The second-order valence-electron chi connectivity index (χ2n) is 5.68. The highest BCUT2D eigenvalue weighted by Gasteiger charge is 2.29. The topological polar surface area (TPSA) is 41.9 Å². The van der Waals surface area contributed by atoms with Crippen molar-refractivity contribution in [2.75, 3.05) is 17.2 Å². The van der Waals surface area contributed by atoms with Crippen LogP contribution in [0.3, 0.4) is 0 Å². The molecule has 1 saturated carbocycles. The smallest absolute Gasteiger partial charge is 0.148 e. The van der Waals surface area contributed by atoms with Gasteiger partial charge in [-0.2, -0.15) is 5.10 Å². The lowest BCUT2D eigenvalue weighted by Gasteiger charge is -2.23. The highest BCUT2D eigenvalue weighted by atomic mass is 15.3. The molecule has 18 heavy (non-hydrogen) atoms. The van der Waals surface area contributed by atoms with Crippen molar-refractivity contribution in [2.24, 2.45) is 13.0 Å². The maximum absolute atomic E-state index is 4.61. The summed E-state index contributed by atoms with van der Waals surface area (Å²) >= 11 is 0. The first-order valence-corrected chi connectivity index (χ1v) is 7.36. The van der Waals surface area contributed by atoms with Crippen molar-refractivity contribution in [3.05, 3.63) is 5.69 Å². The van der Waals surface area contributed by atoms with Gasteiger partial charge in [-0.15, -0.1) is 0 Å². The van der Waals surface area contributed by atoms with Crippen LogP contribution >= 0.6 is 0 Å². The molecular weight excluding hydrogens is 224 g/mol. The minimum Gasteiger partial charge on any atom is -0.380 e. The van der Waals surface area contributed by atoms with E-state index in [-0.39, 0.29) is 0 Å². The lowest BCUT2D eigenvalue weighted by atomic mass is 9.95. The third-order valence-electron chi connectivity index (χ3n) is 4.48. The summed E-state index contributed by atoms with van der Waals surface area (Å²) in [6.07, 6.45) is 7.80. The maximum Gasteiger partial charge on any atom is 0.148 e. The van der Waals surface area contributed by atoms with Gasteiger partial charge in [-0.25, -0.2) is 0 Å². The Morgan fingerprint density at radius 2 is 2.11 bits per heavy atom. The van der Waals surface area contributed by atoms with Crippen LogP contribution in [0.4, 0.5) is 11.5 Å². The standard InChI is InChI=1S/C14H24N4/c1-3-11-13-14(18(2)17-11)16-12-8-6-4-5-7-10(12)9-15-13/h10,12,15-16H,3-9H2,1-2H3. The van der Waals surface area contributed by atoms with Gasteiger partial charge < -0.3 is 10.6 Å². The summed E-state index contributed by atoms with van der Waals surface area (Å²) in [5.74, 6) is 1.96. The molecule has 0 radical (unpaired) electrons. The minimum atomic E-state index is 0.626. The summed E-state index contributed by atoms with van der Waals surface area (Å²) in [6.45, 7) is 3.27. The number of hydrogen-bond donors (Lipinski definition) is 2. The van der Waals surface area contributed by atoms with Gasteiger partial charge in [0.15, 0.2) is 0 Å². The zero-order valence-corrected chi connectivity index (χ0v) is 11.5. The molecule has 3 rings (SSSR count). The molecule has 0 bridgehead atoms. The molecule has 0 saturated heterocycles. The van der Waals surface area contributed by atoms with Crippen LogP contribution in [0, 0.1) is 5.92 Å². The Labute approximate surface area is 109 Å². The van der Waals surface area contributed by atoms with E-state index >= 15 is 0 Å². The van der Waals surface area contributed by atoms with Crippen LogP contribution in [-0.4, -0.2) is 22.4 Å². The van der Waals surface area contributed by atoms with E-state index in [0.717, 1.165) is 18.9 Å². The first-order chi connectivity index (χ1) is 8.79. The lowest BCUT2D eigenvalue weighted by Crippen LogP contribution is -2.31. The summed E-state index contributed by atoms with van der Waals surface area (Å²) in [7, 11) is 2.05. The average molecular weight is 248 g/mol. The molecule has 1 aromatic heterocycles. The third-order valence-corrected chi connectivity index (χ3v) is 4.48. The third kappa shape index (κ3) is 1.98. The number of fused-ring (bicyclic) bond motifs is 2. The second kappa shape index (κ2) is 4.82. The molecule has 0 spiro atoms. The molecule has 2 atom stereocenters. The van der Waals surface area contributed by atoms with Gasteiger partial charge >= 0.3 is 0 Å². The average Bonchev–Trinajstić information content (AvgIpc) is 2.56. The molecule has 4 nitrogen and oxygen atoms in total. The number of anilines is 2. The van der Waals surface area contributed by atoms with Gasteiger partial charge in [-0.1, -0.05) is 26.2 Å². The zero-order valence-electron chi connectivity index (χ0n) is 11.5. The van der Waals surface area contributed by atoms with E-state index in [9.17, 15) is 0 Å². The van der Waals surface area contributed by atoms with Crippen molar-refractivity contribution in [1.82, 2.24) is 9.78 Å². The van der Waals surface area contributed by atoms with Crippen LogP contribution in [0.1, 0.15) is 44.7 Å². The van der Waals surface area contributed by atoms with E-state index in [2.05, 4.69) is 22.7 Å². The normalized spacial score (nSPS) is 27.2. The molecule has 2 aliphatic rings. The number of nitrogens with one attached hydrogen (secondary N) is 2. The lowest BCUT2D eigenvalue weighted by molar-refractivity contribution is 0.441. The Morgan fingerprint density at radius 3 is 2.94 bits per heavy atom. The molecule has 1 fully saturated rings. The van der Waals surface area contributed by atoms with Crippen LogP contribution in [0.2, 0.25) is 0 Å². The highest BCUT2D eigenvalue weighted by Crippen LogP contribution is 2.34. The summed E-state index contributed by atoms with van der Waals surface area (Å²) in [6, 6.07) is 0.626. The van der Waals surface area contributed by atoms with Crippen LogP contribution in [-0.2, 0) is 13.5 Å². The molecule has 100 valence electrons. The number of nitrogens with zero attached hydrogens (tertiary/aromatic N) is 2. The molecule has 2 N–H and O–H groups in total. The van der Waals surface area contributed by atoms with Crippen molar-refractivity contribution in [3.8, 4) is 0 Å². The maximum atomic E-state index is 4.61. The van der Waals surface area contributed by atoms with Gasteiger partial charge in [-0.05, 0) is 25.2 Å². The first-order valence-electron chi connectivity index (χ1n) is 7.36. The summed E-state index contributed by atoms with van der Waals surface area (Å²) in [5, 5.41) is 12.0. The minimum absolute atomic E-state index is 0.626. The van der Waals surface area contributed by atoms with E-state index in [1.54, 1.807) is 0 Å². The molecule has 0 amide bonds. The molecule has 2 heterocycles. The molecular formula is C14H24N4. The zero-order chi connectivity index (χ0) is 12.5. The van der Waals surface area contributed by atoms with Gasteiger partial charge in [0.25, 0.3) is 0 Å². The van der Waals surface area contributed by atoms with Gasteiger partial charge in [-0.3, -0.25) is 4.68 Å². The Morgan fingerprint density at radius 1 is 1.28 bits per heavy atom. The monoisotopic (exact) mass is 248 g/mol. The highest BCUT2D eigenvalue weighted by molar-refractivity contribution is 5.69. The molecule has 1 aromatic rings. The number of aryl methyl sites for hydroxylation is 2. The molecule has 1 aliphatic heterocycles. The molecule has 0 aromatic carbocycles. The van der Waals surface area contributed by atoms with E-state index in [4.69, 9.17) is 0 Å². The SMILES string of the molecule is CCc1nn(C)c2c1NCC1CCCCCC1N2. The summed E-state index contributed by atoms with van der Waals surface area (Å²) in [4.78, 5) is 0. The predicted octanol–water partition coefficient (Wildman–Crippen LogP) is 2.77. The van der Waals surface area contributed by atoms with E-state index in [1.807, 2.05) is 11.7 Å². The van der Waals surface area contributed by atoms with Crippen LogP contribution in [0.5, 0.6) is 0 Å². The largest absolute Gasteiger partial charge is 0.380 e. The Hall–Kier alpha value is -1.19. The van der Waals surface area contributed by atoms with Crippen molar-refractivity contribution in [1.29, 1.82) is 0 Å². The Kier molecular flexibility index (Phi) is 3.18. The summed E-state index contributed by atoms with van der Waals surface area (Å²) in [5.41, 5.74) is 2.43. The molecule has 4 heteroatoms. The second-order valence-corrected chi connectivity index (χ2v) is 5.68. The van der Waals surface area contributed by atoms with Crippen molar-refractivity contribution in [2.45, 2.75) is 51.5 Å². The summed E-state index contributed by atoms with van der Waals surface area (Å²) < 4.78 is 2.01. The van der Waals surface area contributed by atoms with Crippen molar-refractivity contribution >= 4 is 11.5 Å². The fourth-order valence-electron chi connectivity index (χ4n) is 3.41. The van der Waals surface area contributed by atoms with Crippen molar-refractivity contribution in [3.63, 3.8) is 0 Å². The fourth-order valence-corrected chi connectivity index (χ4v) is 3.41. The van der Waals surface area contributed by atoms with Gasteiger partial charge in [0.1, 0.15) is 11.5 Å². The van der Waals surface area contributed by atoms with E-state index in [1.165, 1.54) is 49.3 Å². The Balaban J connectivity index is 1.91. The van der Waals surface area contributed by atoms with Crippen LogP contribution in [0.15, 0.2) is 0 Å². The van der Waals surface area contributed by atoms with Gasteiger partial charge in [0, 0.05) is 19.6 Å². The number of hydrogen-bond acceptors (Lipinski definition) is 3. The van der Waals surface area contributed by atoms with Gasteiger partial charge in [0.2, 0.25) is 0 Å². The quantitative estimate of drug-likeness (QED) is 0.803. The van der Waals surface area contributed by atoms with E-state index in [0.29, 0.717) is 6.04 Å². The molecule has 2 unspecified atom stereocenters. The van der Waals surface area contributed by atoms with Crippen molar-refractivity contribution < 1.29 is 0 Å². The van der Waals surface area contributed by atoms with E-state index < -0.39 is 0 Å². The fraction of sp³-hybridized carbons (Fsp3) is 0.786. The Bertz CT molecular complexity index is 424. The first kappa shape index (κ1) is 11.9. The van der Waals surface area contributed by atoms with Crippen LogP contribution < -0.4 is 10.6 Å². The molecule has 1 aliphatic carbocycles. The van der Waals surface area contributed by atoms with Crippen LogP contribution in [0.25, 0.3) is 0 Å². The predicted molar refractivity (Wildman–Crippen MR) is 75.1 cm³/mol. The van der Waals surface area contributed by atoms with Gasteiger partial charge in [0.05, 0.1) is 5.69 Å². The number of rotatable bonds is 1. The number of aromatic nitrogens is 2.